The molecule has 0 unspecified atom stereocenters. The summed E-state index contributed by atoms with van der Waals surface area (Å²) >= 11 is 0. The van der Waals surface area contributed by atoms with Crippen molar-refractivity contribution in [3.05, 3.63) is 42.4 Å². The van der Waals surface area contributed by atoms with Crippen LogP contribution < -0.4 is 5.73 Å². The Balaban J connectivity index is 2.27. The average molecular weight is 252 g/mol. The molecule has 0 aliphatic heterocycles. The van der Waals surface area contributed by atoms with Crippen LogP contribution in [0.1, 0.15) is 10.4 Å². The Kier molecular flexibility index (Phi) is 2.52. The van der Waals surface area contributed by atoms with Crippen LogP contribution in [0.15, 0.2) is 36.8 Å². The maximum absolute atomic E-state index is 10.7. The third-order valence-electron chi connectivity index (χ3n) is 3.14. The lowest BCUT2D eigenvalue weighted by Crippen LogP contribution is -1.94. The molecule has 5 nitrogen and oxygen atoms in total. The van der Waals surface area contributed by atoms with Gasteiger partial charge < -0.3 is 10.3 Å². The summed E-state index contributed by atoms with van der Waals surface area (Å²) in [5, 5.41) is 0.837. The average Bonchev–Trinajstić information content (AvgIpc) is 2.78. The molecule has 5 heteroatoms. The van der Waals surface area contributed by atoms with Gasteiger partial charge in [0.15, 0.2) is 0 Å². The highest BCUT2D eigenvalue weighted by Gasteiger charge is 2.12. The van der Waals surface area contributed by atoms with Crippen LogP contribution in [0, 0.1) is 0 Å². The summed E-state index contributed by atoms with van der Waals surface area (Å²) in [6, 6.07) is 7.35. The number of carbonyl (C=O) groups is 1. The highest BCUT2D eigenvalue weighted by atomic mass is 16.1. The summed E-state index contributed by atoms with van der Waals surface area (Å²) in [7, 11) is 1.91. The molecule has 0 atom stereocenters. The van der Waals surface area contributed by atoms with Gasteiger partial charge in [-0.05, 0) is 5.56 Å². The van der Waals surface area contributed by atoms with Crippen molar-refractivity contribution in [2.24, 2.45) is 7.05 Å². The molecular weight excluding hydrogens is 240 g/mol. The fourth-order valence-electron chi connectivity index (χ4n) is 2.19. The molecule has 1 aromatic carbocycles. The molecule has 3 rings (SSSR count). The lowest BCUT2D eigenvalue weighted by Gasteiger charge is -2.01. The molecule has 0 saturated heterocycles. The van der Waals surface area contributed by atoms with Gasteiger partial charge in [-0.1, -0.05) is 24.3 Å². The summed E-state index contributed by atoms with van der Waals surface area (Å²) in [4.78, 5) is 19.0. The second-order valence-electron chi connectivity index (χ2n) is 4.35. The molecule has 2 N–H and O–H groups in total. The largest absolute Gasteiger partial charge is 0.383 e. The van der Waals surface area contributed by atoms with Gasteiger partial charge >= 0.3 is 0 Å². The highest BCUT2D eigenvalue weighted by molar-refractivity contribution is 6.00. The molecule has 19 heavy (non-hydrogen) atoms. The minimum atomic E-state index is 0.458. The lowest BCUT2D eigenvalue weighted by molar-refractivity contribution is 0.112. The SMILES string of the molecule is Cn1cc(-c2ccc(C=O)cc2)c2c(N)ncnc21. The molecule has 0 saturated carbocycles. The van der Waals surface area contributed by atoms with Gasteiger partial charge in [0, 0.05) is 24.4 Å². The zero-order valence-electron chi connectivity index (χ0n) is 10.4. The van der Waals surface area contributed by atoms with Gasteiger partial charge in [-0.25, -0.2) is 9.97 Å². The van der Waals surface area contributed by atoms with Crippen LogP contribution in [0.2, 0.25) is 0 Å². The summed E-state index contributed by atoms with van der Waals surface area (Å²) in [5.74, 6) is 0.458. The number of nitrogens with zero attached hydrogens (tertiary/aromatic N) is 3. The number of aryl methyl sites for hydroxylation is 1. The first-order valence-electron chi connectivity index (χ1n) is 5.82. The Morgan fingerprint density at radius 3 is 2.63 bits per heavy atom. The first-order chi connectivity index (χ1) is 9.20. The van der Waals surface area contributed by atoms with E-state index in [1.807, 2.05) is 29.9 Å². The number of fused-ring (bicyclic) bond motifs is 1. The third-order valence-corrected chi connectivity index (χ3v) is 3.14. The minimum absolute atomic E-state index is 0.458. The third kappa shape index (κ3) is 1.76. The number of hydrogen-bond acceptors (Lipinski definition) is 4. The smallest absolute Gasteiger partial charge is 0.150 e. The predicted octanol–water partition coefficient (Wildman–Crippen LogP) is 2.03. The zero-order chi connectivity index (χ0) is 13.4. The van der Waals surface area contributed by atoms with E-state index in [1.54, 1.807) is 12.1 Å². The summed E-state index contributed by atoms with van der Waals surface area (Å²) in [5.41, 5.74) is 9.33. The molecule has 0 radical (unpaired) electrons. The van der Waals surface area contributed by atoms with Gasteiger partial charge in [-0.15, -0.1) is 0 Å². The van der Waals surface area contributed by atoms with Crippen molar-refractivity contribution in [2.75, 3.05) is 5.73 Å². The molecule has 0 spiro atoms. The first kappa shape index (κ1) is 11.4. The molecular formula is C14H12N4O. The normalized spacial score (nSPS) is 10.8. The number of benzene rings is 1. The highest BCUT2D eigenvalue weighted by Crippen LogP contribution is 2.31. The molecule has 3 aromatic rings. The number of carbonyl (C=O) groups excluding carboxylic acids is 1. The van der Waals surface area contributed by atoms with E-state index in [1.165, 1.54) is 6.33 Å². The monoisotopic (exact) mass is 252 g/mol. The predicted molar refractivity (Wildman–Crippen MR) is 73.7 cm³/mol. The van der Waals surface area contributed by atoms with Crippen LogP contribution in [0.5, 0.6) is 0 Å². The van der Waals surface area contributed by atoms with Crippen LogP contribution >= 0.6 is 0 Å². The van der Waals surface area contributed by atoms with Crippen molar-refractivity contribution in [3.8, 4) is 11.1 Å². The summed E-state index contributed by atoms with van der Waals surface area (Å²) < 4.78 is 1.91. The van der Waals surface area contributed by atoms with E-state index in [-0.39, 0.29) is 0 Å². The molecule has 0 amide bonds. The Morgan fingerprint density at radius 1 is 1.21 bits per heavy atom. The second-order valence-corrected chi connectivity index (χ2v) is 4.35. The summed E-state index contributed by atoms with van der Waals surface area (Å²) in [6.07, 6.45) is 4.24. The van der Waals surface area contributed by atoms with Crippen molar-refractivity contribution in [1.82, 2.24) is 14.5 Å². The standard InChI is InChI=1S/C14H12N4O/c1-18-6-11(10-4-2-9(7-19)3-5-10)12-13(15)16-8-17-14(12)18/h2-8H,1H3,(H2,15,16,17). The fourth-order valence-corrected chi connectivity index (χ4v) is 2.19. The minimum Gasteiger partial charge on any atom is -0.383 e. The maximum Gasteiger partial charge on any atom is 0.150 e. The number of anilines is 1. The van der Waals surface area contributed by atoms with E-state index in [0.29, 0.717) is 11.4 Å². The van der Waals surface area contributed by atoms with E-state index in [0.717, 1.165) is 28.4 Å². The van der Waals surface area contributed by atoms with Crippen molar-refractivity contribution < 1.29 is 4.79 Å². The van der Waals surface area contributed by atoms with Crippen LogP contribution in [0.3, 0.4) is 0 Å². The number of nitrogens with two attached hydrogens (primary N) is 1. The van der Waals surface area contributed by atoms with E-state index in [2.05, 4.69) is 9.97 Å². The number of aromatic nitrogens is 3. The molecule has 0 bridgehead atoms. The molecule has 94 valence electrons. The van der Waals surface area contributed by atoms with Crippen LogP contribution in [0.25, 0.3) is 22.2 Å². The fraction of sp³-hybridized carbons (Fsp3) is 0.0714. The van der Waals surface area contributed by atoms with Crippen molar-refractivity contribution in [1.29, 1.82) is 0 Å². The van der Waals surface area contributed by atoms with Gasteiger partial charge in [-0.3, -0.25) is 4.79 Å². The quantitative estimate of drug-likeness (QED) is 0.708. The molecule has 0 fully saturated rings. The van der Waals surface area contributed by atoms with E-state index >= 15 is 0 Å². The Bertz CT molecular complexity index is 759. The topological polar surface area (TPSA) is 73.8 Å². The molecule has 0 aliphatic rings. The number of nitrogen functional groups attached to an aromatic ring is 1. The van der Waals surface area contributed by atoms with Crippen molar-refractivity contribution in [2.45, 2.75) is 0 Å². The van der Waals surface area contributed by atoms with Crippen LogP contribution in [-0.4, -0.2) is 20.8 Å². The van der Waals surface area contributed by atoms with Crippen LogP contribution in [0.4, 0.5) is 5.82 Å². The summed E-state index contributed by atoms with van der Waals surface area (Å²) in [6.45, 7) is 0. The maximum atomic E-state index is 10.7. The number of aldehydes is 1. The van der Waals surface area contributed by atoms with E-state index in [9.17, 15) is 4.79 Å². The molecule has 0 aliphatic carbocycles. The van der Waals surface area contributed by atoms with E-state index < -0.39 is 0 Å². The van der Waals surface area contributed by atoms with Gasteiger partial charge in [0.25, 0.3) is 0 Å². The Morgan fingerprint density at radius 2 is 1.95 bits per heavy atom. The number of rotatable bonds is 2. The Labute approximate surface area is 109 Å². The van der Waals surface area contributed by atoms with Gasteiger partial charge in [-0.2, -0.15) is 0 Å². The van der Waals surface area contributed by atoms with E-state index in [4.69, 9.17) is 5.73 Å². The van der Waals surface area contributed by atoms with Crippen molar-refractivity contribution >= 4 is 23.1 Å². The van der Waals surface area contributed by atoms with Gasteiger partial charge in [0.1, 0.15) is 24.1 Å². The second kappa shape index (κ2) is 4.20. The van der Waals surface area contributed by atoms with Gasteiger partial charge in [0.2, 0.25) is 0 Å². The van der Waals surface area contributed by atoms with Crippen LogP contribution in [-0.2, 0) is 7.05 Å². The molecule has 2 heterocycles. The molecule has 2 aromatic heterocycles. The van der Waals surface area contributed by atoms with Crippen molar-refractivity contribution in [3.63, 3.8) is 0 Å². The zero-order valence-corrected chi connectivity index (χ0v) is 10.4. The van der Waals surface area contributed by atoms with Gasteiger partial charge in [0.05, 0.1) is 5.39 Å². The lowest BCUT2D eigenvalue weighted by atomic mass is 10.0. The Hall–Kier alpha value is -2.69. The first-order valence-corrected chi connectivity index (χ1v) is 5.82. The number of hydrogen-bond donors (Lipinski definition) is 1.